The Morgan fingerprint density at radius 2 is 1.86 bits per heavy atom. The van der Waals surface area contributed by atoms with Crippen LogP contribution in [0.25, 0.3) is 10.9 Å². The normalized spacial score (nSPS) is 17.4. The minimum Gasteiger partial charge on any atom is -0.477 e. The third kappa shape index (κ3) is 3.43. The summed E-state index contributed by atoms with van der Waals surface area (Å²) in [6, 6.07) is 3.06. The van der Waals surface area contributed by atoms with Gasteiger partial charge in [0.25, 0.3) is 5.69 Å². The Kier molecular flexibility index (Phi) is 5.31. The number of aromatic carboxylic acids is 1. The number of nitrogens with zero attached hydrogens (tertiary/aromatic N) is 4. The van der Waals surface area contributed by atoms with E-state index in [-0.39, 0.29) is 35.1 Å². The van der Waals surface area contributed by atoms with E-state index in [1.54, 1.807) is 10.6 Å². The average molecular weight is 409 g/mol. The molecule has 10 heteroatoms. The van der Waals surface area contributed by atoms with Crippen LogP contribution in [0.1, 0.15) is 29.2 Å². The number of pyridine rings is 1. The summed E-state index contributed by atoms with van der Waals surface area (Å²) in [5, 5.41) is 21.1. The number of carboxylic acid groups (broad SMARTS) is 1. The third-order valence-electron chi connectivity index (χ3n) is 5.34. The summed E-state index contributed by atoms with van der Waals surface area (Å²) < 4.78 is 1.80. The molecule has 1 saturated heterocycles. The molecule has 0 atom stereocenters. The lowest BCUT2D eigenvalue weighted by atomic mass is 10.1. The molecule has 0 unspecified atom stereocenters. The molecule has 1 aromatic heterocycles. The highest BCUT2D eigenvalue weighted by molar-refractivity contribution is 5.95. The van der Waals surface area contributed by atoms with E-state index in [2.05, 4.69) is 4.90 Å². The standard InChI is InChI=1S/C18H20N4O5.ClH/c1-19-4-6-20(7-5-19)15-9-14-12(8-16(15)22(26)27)17(23)13(18(24)25)10-21(14)11-2-3-11;/h8-11H,2-7H2,1H3,(H,24,25);1H. The van der Waals surface area contributed by atoms with Gasteiger partial charge in [-0.3, -0.25) is 14.9 Å². The number of nitro groups is 1. The number of carboxylic acids is 1. The van der Waals surface area contributed by atoms with Gasteiger partial charge in [-0.2, -0.15) is 0 Å². The molecule has 2 fully saturated rings. The Balaban J connectivity index is 0.00000225. The zero-order chi connectivity index (χ0) is 19.3. The fourth-order valence-electron chi connectivity index (χ4n) is 3.63. The monoisotopic (exact) mass is 408 g/mol. The highest BCUT2D eigenvalue weighted by Crippen LogP contribution is 2.39. The van der Waals surface area contributed by atoms with E-state index in [0.29, 0.717) is 24.3 Å². The first-order valence-corrected chi connectivity index (χ1v) is 8.91. The number of nitro benzene ring substituents is 1. The van der Waals surface area contributed by atoms with Crippen molar-refractivity contribution in [1.29, 1.82) is 0 Å². The zero-order valence-corrected chi connectivity index (χ0v) is 16.1. The van der Waals surface area contributed by atoms with Gasteiger partial charge in [-0.25, -0.2) is 4.79 Å². The van der Waals surface area contributed by atoms with Crippen LogP contribution in [-0.4, -0.2) is 58.7 Å². The number of benzene rings is 1. The molecule has 2 aromatic rings. The van der Waals surface area contributed by atoms with Crippen molar-refractivity contribution in [2.75, 3.05) is 38.1 Å². The molecule has 4 rings (SSSR count). The minimum absolute atomic E-state index is 0. The molecule has 2 aliphatic rings. The Morgan fingerprint density at radius 3 is 2.39 bits per heavy atom. The second-order valence-electron chi connectivity index (χ2n) is 7.22. The number of hydrogen-bond acceptors (Lipinski definition) is 6. The van der Waals surface area contributed by atoms with E-state index in [1.807, 2.05) is 11.9 Å². The molecule has 0 spiro atoms. The zero-order valence-electron chi connectivity index (χ0n) is 15.3. The number of anilines is 1. The molecule has 0 radical (unpaired) electrons. The van der Waals surface area contributed by atoms with Crippen molar-refractivity contribution < 1.29 is 14.8 Å². The Hall–Kier alpha value is -2.65. The van der Waals surface area contributed by atoms with E-state index in [1.165, 1.54) is 12.3 Å². The second kappa shape index (κ2) is 7.40. The number of hydrogen-bond donors (Lipinski definition) is 1. The summed E-state index contributed by atoms with van der Waals surface area (Å²) in [6.45, 7) is 2.90. The number of fused-ring (bicyclic) bond motifs is 1. The van der Waals surface area contributed by atoms with Crippen LogP contribution in [0.2, 0.25) is 0 Å². The van der Waals surface area contributed by atoms with Crippen molar-refractivity contribution in [1.82, 2.24) is 9.47 Å². The summed E-state index contributed by atoms with van der Waals surface area (Å²) in [4.78, 5) is 39.4. The summed E-state index contributed by atoms with van der Waals surface area (Å²) in [5.41, 5.74) is -0.142. The summed E-state index contributed by atoms with van der Waals surface area (Å²) >= 11 is 0. The molecule has 9 nitrogen and oxygen atoms in total. The molecule has 0 amide bonds. The lowest BCUT2D eigenvalue weighted by molar-refractivity contribution is -0.384. The number of aromatic nitrogens is 1. The van der Waals surface area contributed by atoms with Crippen molar-refractivity contribution in [3.63, 3.8) is 0 Å². The molecule has 2 heterocycles. The van der Waals surface area contributed by atoms with Crippen molar-refractivity contribution >= 4 is 40.7 Å². The Morgan fingerprint density at radius 1 is 1.21 bits per heavy atom. The molecule has 1 aliphatic heterocycles. The van der Waals surface area contributed by atoms with Gasteiger partial charge in [0.05, 0.1) is 15.8 Å². The molecule has 1 aliphatic carbocycles. The SMILES string of the molecule is CN1CCN(c2cc3c(cc2[N+](=O)[O-])c(=O)c(C(=O)O)cn3C2CC2)CC1.Cl. The third-order valence-corrected chi connectivity index (χ3v) is 5.34. The Bertz CT molecular complexity index is 1010. The predicted octanol–water partition coefficient (Wildman–Crippen LogP) is 2.12. The van der Waals surface area contributed by atoms with Crippen LogP contribution in [0.5, 0.6) is 0 Å². The van der Waals surface area contributed by atoms with Gasteiger partial charge >= 0.3 is 5.97 Å². The average Bonchev–Trinajstić information content (AvgIpc) is 3.46. The van der Waals surface area contributed by atoms with Crippen LogP contribution < -0.4 is 10.3 Å². The first kappa shape index (κ1) is 20.1. The quantitative estimate of drug-likeness (QED) is 0.609. The first-order valence-electron chi connectivity index (χ1n) is 8.91. The molecule has 0 bridgehead atoms. The topological polar surface area (TPSA) is 109 Å². The predicted molar refractivity (Wildman–Crippen MR) is 107 cm³/mol. The van der Waals surface area contributed by atoms with E-state index >= 15 is 0 Å². The van der Waals surface area contributed by atoms with Crippen LogP contribution >= 0.6 is 12.4 Å². The molecule has 150 valence electrons. The van der Waals surface area contributed by atoms with Gasteiger partial charge in [-0.05, 0) is 26.0 Å². The van der Waals surface area contributed by atoms with Gasteiger partial charge in [0.1, 0.15) is 11.3 Å². The lowest BCUT2D eigenvalue weighted by Gasteiger charge is -2.33. The van der Waals surface area contributed by atoms with Gasteiger partial charge in [0.2, 0.25) is 5.43 Å². The maximum absolute atomic E-state index is 12.6. The van der Waals surface area contributed by atoms with Crippen molar-refractivity contribution in [3.05, 3.63) is 44.2 Å². The summed E-state index contributed by atoms with van der Waals surface area (Å²) in [7, 11) is 2.00. The van der Waals surface area contributed by atoms with Gasteiger partial charge in [0.15, 0.2) is 0 Å². The molecular formula is C18H21ClN4O5. The smallest absolute Gasteiger partial charge is 0.341 e. The van der Waals surface area contributed by atoms with Crippen LogP contribution in [-0.2, 0) is 0 Å². The number of rotatable bonds is 4. The van der Waals surface area contributed by atoms with Crippen LogP contribution in [0.15, 0.2) is 23.1 Å². The first-order chi connectivity index (χ1) is 12.9. The fourth-order valence-corrected chi connectivity index (χ4v) is 3.63. The van der Waals surface area contributed by atoms with Gasteiger partial charge in [-0.15, -0.1) is 12.4 Å². The van der Waals surface area contributed by atoms with Gasteiger partial charge in [-0.1, -0.05) is 0 Å². The summed E-state index contributed by atoms with van der Waals surface area (Å²) in [6.07, 6.45) is 3.18. The van der Waals surface area contributed by atoms with Crippen LogP contribution in [0.4, 0.5) is 11.4 Å². The maximum Gasteiger partial charge on any atom is 0.341 e. The highest BCUT2D eigenvalue weighted by atomic mass is 35.5. The number of halogens is 1. The minimum atomic E-state index is -1.32. The summed E-state index contributed by atoms with van der Waals surface area (Å²) in [5.74, 6) is -1.32. The lowest BCUT2D eigenvalue weighted by Crippen LogP contribution is -2.44. The molecule has 1 saturated carbocycles. The van der Waals surface area contributed by atoms with E-state index in [4.69, 9.17) is 0 Å². The molecule has 1 N–H and O–H groups in total. The van der Waals surface area contributed by atoms with E-state index < -0.39 is 16.3 Å². The van der Waals surface area contributed by atoms with Gasteiger partial charge in [0, 0.05) is 44.5 Å². The largest absolute Gasteiger partial charge is 0.477 e. The van der Waals surface area contributed by atoms with Crippen molar-refractivity contribution in [2.45, 2.75) is 18.9 Å². The molecule has 1 aromatic carbocycles. The van der Waals surface area contributed by atoms with E-state index in [9.17, 15) is 24.8 Å². The number of likely N-dealkylation sites (N-methyl/N-ethyl adjacent to an activating group) is 1. The van der Waals surface area contributed by atoms with Crippen molar-refractivity contribution in [3.8, 4) is 0 Å². The van der Waals surface area contributed by atoms with Gasteiger partial charge < -0.3 is 19.5 Å². The van der Waals surface area contributed by atoms with Crippen molar-refractivity contribution in [2.24, 2.45) is 0 Å². The number of carbonyl (C=O) groups is 1. The van der Waals surface area contributed by atoms with E-state index in [0.717, 1.165) is 25.9 Å². The molecule has 28 heavy (non-hydrogen) atoms. The second-order valence-corrected chi connectivity index (χ2v) is 7.22. The molecular weight excluding hydrogens is 388 g/mol. The highest BCUT2D eigenvalue weighted by Gasteiger charge is 2.30. The number of piperazine rings is 1. The van der Waals surface area contributed by atoms with Crippen LogP contribution in [0, 0.1) is 10.1 Å². The maximum atomic E-state index is 12.6. The Labute approximate surface area is 166 Å². The van der Waals surface area contributed by atoms with Crippen LogP contribution in [0.3, 0.4) is 0 Å². The fraction of sp³-hybridized carbons (Fsp3) is 0.444.